The zero-order valence-corrected chi connectivity index (χ0v) is 16.4. The van der Waals surface area contributed by atoms with E-state index in [0.29, 0.717) is 24.1 Å². The van der Waals surface area contributed by atoms with Gasteiger partial charge in [0.05, 0.1) is 11.7 Å². The van der Waals surface area contributed by atoms with Gasteiger partial charge in [0, 0.05) is 23.5 Å². The Bertz CT molecular complexity index is 1120. The lowest BCUT2D eigenvalue weighted by Gasteiger charge is -2.15. The Balaban J connectivity index is 1.43. The Hall–Kier alpha value is -3.81. The first kappa shape index (κ1) is 20.5. The van der Waals surface area contributed by atoms with Crippen molar-refractivity contribution in [3.8, 4) is 0 Å². The van der Waals surface area contributed by atoms with Gasteiger partial charge in [0.2, 0.25) is 0 Å². The molecule has 0 bridgehead atoms. The fourth-order valence-electron chi connectivity index (χ4n) is 3.60. The summed E-state index contributed by atoms with van der Waals surface area (Å²) < 4.78 is 31.7. The van der Waals surface area contributed by atoms with Crippen molar-refractivity contribution in [3.63, 3.8) is 0 Å². The van der Waals surface area contributed by atoms with Crippen molar-refractivity contribution in [2.24, 2.45) is 0 Å². The maximum Gasteiger partial charge on any atom is 0.408 e. The highest BCUT2D eigenvalue weighted by Gasteiger charge is 2.28. The molecular formula is C23H19F2N3O3. The van der Waals surface area contributed by atoms with Crippen molar-refractivity contribution >= 4 is 17.7 Å². The maximum atomic E-state index is 13.4. The minimum Gasteiger partial charge on any atom is -0.443 e. The van der Waals surface area contributed by atoms with Gasteiger partial charge in [-0.3, -0.25) is 9.78 Å². The third-order valence-corrected chi connectivity index (χ3v) is 5.06. The quantitative estimate of drug-likeness (QED) is 0.632. The maximum absolute atomic E-state index is 13.4. The zero-order valence-electron chi connectivity index (χ0n) is 16.4. The van der Waals surface area contributed by atoms with E-state index in [1.165, 1.54) is 6.07 Å². The van der Waals surface area contributed by atoms with E-state index < -0.39 is 23.6 Å². The molecule has 158 valence electrons. The van der Waals surface area contributed by atoms with Crippen LogP contribution >= 0.6 is 0 Å². The number of amides is 2. The molecule has 31 heavy (non-hydrogen) atoms. The van der Waals surface area contributed by atoms with Crippen molar-refractivity contribution in [3.05, 3.63) is 94.8 Å². The average Bonchev–Trinajstić information content (AvgIpc) is 3.18. The second-order valence-electron chi connectivity index (χ2n) is 7.09. The number of halogens is 2. The SMILES string of the molecule is O=C(N[C@H]1CCc2c(C(=O)Nc3ccc(F)c(F)c3)cccc21)OCc1ccccn1. The van der Waals surface area contributed by atoms with E-state index >= 15 is 0 Å². The van der Waals surface area contributed by atoms with E-state index in [1.54, 1.807) is 30.5 Å². The first-order valence-corrected chi connectivity index (χ1v) is 9.72. The van der Waals surface area contributed by atoms with Crippen LogP contribution in [0, 0.1) is 11.6 Å². The third kappa shape index (κ3) is 4.69. The number of pyridine rings is 1. The van der Waals surface area contributed by atoms with Gasteiger partial charge in [-0.25, -0.2) is 13.6 Å². The number of rotatable bonds is 5. The molecule has 0 aliphatic heterocycles. The van der Waals surface area contributed by atoms with Gasteiger partial charge in [-0.2, -0.15) is 0 Å². The van der Waals surface area contributed by atoms with Crippen LogP contribution in [0.15, 0.2) is 60.8 Å². The fraction of sp³-hybridized carbons (Fsp3) is 0.174. The van der Waals surface area contributed by atoms with Crippen LogP contribution in [0.2, 0.25) is 0 Å². The summed E-state index contributed by atoms with van der Waals surface area (Å²) in [4.78, 5) is 29.0. The summed E-state index contributed by atoms with van der Waals surface area (Å²) in [6, 6.07) is 13.5. The Kier molecular flexibility index (Phi) is 5.88. The van der Waals surface area contributed by atoms with Gasteiger partial charge in [0.25, 0.3) is 5.91 Å². The molecule has 0 spiro atoms. The number of carbonyl (C=O) groups is 2. The molecule has 1 aliphatic carbocycles. The van der Waals surface area contributed by atoms with Crippen molar-refractivity contribution in [2.45, 2.75) is 25.5 Å². The van der Waals surface area contributed by atoms with Gasteiger partial charge in [0.1, 0.15) is 6.61 Å². The number of nitrogens with one attached hydrogen (secondary N) is 2. The molecule has 2 aromatic carbocycles. The second-order valence-corrected chi connectivity index (χ2v) is 7.09. The van der Waals surface area contributed by atoms with Gasteiger partial charge in [0.15, 0.2) is 11.6 Å². The molecule has 1 aliphatic rings. The van der Waals surface area contributed by atoms with Crippen LogP contribution in [0.4, 0.5) is 19.3 Å². The van der Waals surface area contributed by atoms with E-state index in [1.807, 2.05) is 12.1 Å². The van der Waals surface area contributed by atoms with E-state index in [4.69, 9.17) is 4.74 Å². The molecule has 1 aromatic heterocycles. The summed E-state index contributed by atoms with van der Waals surface area (Å²) in [5.74, 6) is -2.45. The minimum atomic E-state index is -1.04. The number of nitrogens with zero attached hydrogens (tertiary/aromatic N) is 1. The first-order valence-electron chi connectivity index (χ1n) is 9.72. The number of anilines is 1. The lowest BCUT2D eigenvalue weighted by Crippen LogP contribution is -2.28. The molecule has 2 N–H and O–H groups in total. The highest BCUT2D eigenvalue weighted by Crippen LogP contribution is 2.33. The van der Waals surface area contributed by atoms with E-state index in [2.05, 4.69) is 15.6 Å². The molecule has 0 unspecified atom stereocenters. The highest BCUT2D eigenvalue weighted by atomic mass is 19.2. The third-order valence-electron chi connectivity index (χ3n) is 5.06. The number of aromatic nitrogens is 1. The molecular weight excluding hydrogens is 404 g/mol. The summed E-state index contributed by atoms with van der Waals surface area (Å²) in [7, 11) is 0. The van der Waals surface area contributed by atoms with Crippen LogP contribution in [0.3, 0.4) is 0 Å². The number of carbonyl (C=O) groups excluding carboxylic acids is 2. The first-order chi connectivity index (χ1) is 15.0. The lowest BCUT2D eigenvalue weighted by atomic mass is 10.0. The second kappa shape index (κ2) is 8.91. The monoisotopic (exact) mass is 423 g/mol. The normalized spacial score (nSPS) is 14.6. The largest absolute Gasteiger partial charge is 0.443 e. The average molecular weight is 423 g/mol. The molecule has 0 saturated heterocycles. The van der Waals surface area contributed by atoms with Crippen LogP contribution in [-0.4, -0.2) is 17.0 Å². The lowest BCUT2D eigenvalue weighted by molar-refractivity contribution is 0.102. The number of hydrogen-bond donors (Lipinski definition) is 2. The smallest absolute Gasteiger partial charge is 0.408 e. The van der Waals surface area contributed by atoms with Crippen LogP contribution in [0.1, 0.15) is 39.6 Å². The van der Waals surface area contributed by atoms with E-state index in [9.17, 15) is 18.4 Å². The zero-order chi connectivity index (χ0) is 21.8. The van der Waals surface area contributed by atoms with E-state index in [-0.39, 0.29) is 18.3 Å². The Morgan fingerprint density at radius 3 is 2.71 bits per heavy atom. The summed E-state index contributed by atoms with van der Waals surface area (Å²) in [5, 5.41) is 5.41. The van der Waals surface area contributed by atoms with Gasteiger partial charge in [-0.15, -0.1) is 0 Å². The summed E-state index contributed by atoms with van der Waals surface area (Å²) in [6.07, 6.45) is 2.25. The molecule has 0 radical (unpaired) electrons. The van der Waals surface area contributed by atoms with Gasteiger partial charge < -0.3 is 15.4 Å². The predicted octanol–water partition coefficient (Wildman–Crippen LogP) is 4.53. The van der Waals surface area contributed by atoms with Crippen LogP contribution in [0.5, 0.6) is 0 Å². The molecule has 1 atom stereocenters. The van der Waals surface area contributed by atoms with Crippen LogP contribution < -0.4 is 10.6 Å². The summed E-state index contributed by atoms with van der Waals surface area (Å²) in [6.45, 7) is 0.0585. The molecule has 0 fully saturated rings. The molecule has 0 saturated carbocycles. The molecule has 2 amide bonds. The van der Waals surface area contributed by atoms with Crippen LogP contribution in [-0.2, 0) is 17.8 Å². The van der Waals surface area contributed by atoms with Crippen molar-refractivity contribution < 1.29 is 23.1 Å². The number of hydrogen-bond acceptors (Lipinski definition) is 4. The number of alkyl carbamates (subject to hydrolysis) is 1. The van der Waals surface area contributed by atoms with Gasteiger partial charge >= 0.3 is 6.09 Å². The molecule has 8 heteroatoms. The summed E-state index contributed by atoms with van der Waals surface area (Å²) in [5.41, 5.74) is 2.85. The molecule has 3 aromatic rings. The minimum absolute atomic E-state index is 0.0585. The predicted molar refractivity (Wildman–Crippen MR) is 109 cm³/mol. The number of fused-ring (bicyclic) bond motifs is 1. The van der Waals surface area contributed by atoms with Crippen molar-refractivity contribution in [1.82, 2.24) is 10.3 Å². The standard InChI is InChI=1S/C23H19F2N3O3/c24-19-9-7-14(12-20(19)25)27-22(29)18-6-3-5-17-16(18)8-10-21(17)28-23(30)31-13-15-4-1-2-11-26-15/h1-7,9,11-12,21H,8,10,13H2,(H,27,29)(H,28,30)/t21-/m0/s1. The van der Waals surface area contributed by atoms with Crippen molar-refractivity contribution in [2.75, 3.05) is 5.32 Å². The Morgan fingerprint density at radius 1 is 1.06 bits per heavy atom. The molecule has 1 heterocycles. The van der Waals surface area contributed by atoms with E-state index in [0.717, 1.165) is 23.3 Å². The summed E-state index contributed by atoms with van der Waals surface area (Å²) >= 11 is 0. The van der Waals surface area contributed by atoms with Crippen LogP contribution in [0.25, 0.3) is 0 Å². The Labute approximate surface area is 177 Å². The van der Waals surface area contributed by atoms with Gasteiger partial charge in [-0.1, -0.05) is 18.2 Å². The molecule has 4 rings (SSSR count). The number of benzene rings is 2. The molecule has 6 nitrogen and oxygen atoms in total. The fourth-order valence-corrected chi connectivity index (χ4v) is 3.60. The van der Waals surface area contributed by atoms with Gasteiger partial charge in [-0.05, 0) is 54.3 Å². The number of ether oxygens (including phenoxy) is 1. The highest BCUT2D eigenvalue weighted by molar-refractivity contribution is 6.05. The Morgan fingerprint density at radius 2 is 1.94 bits per heavy atom. The topological polar surface area (TPSA) is 80.3 Å². The van der Waals surface area contributed by atoms with Crippen molar-refractivity contribution in [1.29, 1.82) is 0 Å².